The predicted molar refractivity (Wildman–Crippen MR) is 95.4 cm³/mol. The number of ketones is 1. The van der Waals surface area contributed by atoms with Crippen LogP contribution in [0.1, 0.15) is 32.8 Å². The quantitative estimate of drug-likeness (QED) is 0.500. The fourth-order valence-electron chi connectivity index (χ4n) is 1.65. The molecule has 0 bridgehead atoms. The summed E-state index contributed by atoms with van der Waals surface area (Å²) in [7, 11) is -0.209. The zero-order valence-electron chi connectivity index (χ0n) is 15.3. The van der Waals surface area contributed by atoms with E-state index in [1.807, 2.05) is 24.3 Å². The van der Waals surface area contributed by atoms with Gasteiger partial charge in [-0.25, -0.2) is 0 Å². The van der Waals surface area contributed by atoms with Crippen LogP contribution in [0.4, 0.5) is 0 Å². The topological polar surface area (TPSA) is 44.8 Å². The monoisotopic (exact) mass is 338 g/mol. The Bertz CT molecular complexity index is 489. The molecule has 0 aliphatic heterocycles. The van der Waals surface area contributed by atoms with Crippen LogP contribution >= 0.6 is 0 Å². The van der Waals surface area contributed by atoms with E-state index in [4.69, 9.17) is 13.9 Å². The van der Waals surface area contributed by atoms with Gasteiger partial charge >= 0.3 is 0 Å². The largest absolute Gasteiger partial charge is 0.497 e. The Labute approximate surface area is 141 Å². The van der Waals surface area contributed by atoms with Gasteiger partial charge in [-0.1, -0.05) is 32.9 Å². The number of Topliss-reactive ketones (excluding diaryl/α,β-unsaturated/α-hetero) is 1. The van der Waals surface area contributed by atoms with Gasteiger partial charge in [0.25, 0.3) is 0 Å². The van der Waals surface area contributed by atoms with Crippen LogP contribution in [-0.2, 0) is 20.6 Å². The molecule has 1 aromatic carbocycles. The maximum Gasteiger partial charge on any atom is 0.192 e. The minimum atomic E-state index is -1.85. The van der Waals surface area contributed by atoms with Crippen LogP contribution in [0, 0.1) is 0 Å². The van der Waals surface area contributed by atoms with Crippen molar-refractivity contribution in [3.8, 4) is 5.75 Å². The van der Waals surface area contributed by atoms with Crippen molar-refractivity contribution in [3.63, 3.8) is 0 Å². The summed E-state index contributed by atoms with van der Waals surface area (Å²) in [6, 6.07) is 7.72. The van der Waals surface area contributed by atoms with Crippen molar-refractivity contribution in [3.05, 3.63) is 29.8 Å². The van der Waals surface area contributed by atoms with Crippen LogP contribution in [0.5, 0.6) is 5.75 Å². The third-order valence-corrected chi connectivity index (χ3v) is 8.83. The van der Waals surface area contributed by atoms with Gasteiger partial charge in [-0.15, -0.1) is 0 Å². The third-order valence-electron chi connectivity index (χ3n) is 4.35. The average molecular weight is 339 g/mol. The fraction of sp³-hybridized carbons (Fsp3) is 0.611. The fourth-order valence-corrected chi connectivity index (χ4v) is 2.60. The van der Waals surface area contributed by atoms with Crippen LogP contribution in [0.3, 0.4) is 0 Å². The molecule has 0 atom stereocenters. The number of benzene rings is 1. The van der Waals surface area contributed by atoms with Crippen LogP contribution in [-0.4, -0.2) is 34.4 Å². The first-order valence-corrected chi connectivity index (χ1v) is 10.9. The summed E-state index contributed by atoms with van der Waals surface area (Å²) in [5, 5.41) is 0.123. The number of hydrogen-bond donors (Lipinski definition) is 0. The molecule has 0 fully saturated rings. The van der Waals surface area contributed by atoms with Gasteiger partial charge < -0.3 is 13.9 Å². The van der Waals surface area contributed by atoms with Crippen molar-refractivity contribution < 1.29 is 18.7 Å². The first-order chi connectivity index (χ1) is 10.7. The summed E-state index contributed by atoms with van der Waals surface area (Å²) in [6.07, 6.45) is 0.394. The van der Waals surface area contributed by atoms with E-state index in [-0.39, 0.29) is 17.4 Å². The highest BCUT2D eigenvalue weighted by molar-refractivity contribution is 6.74. The van der Waals surface area contributed by atoms with Crippen molar-refractivity contribution >= 4 is 14.1 Å². The third kappa shape index (κ3) is 6.85. The Morgan fingerprint density at radius 3 is 2.26 bits per heavy atom. The second-order valence-electron chi connectivity index (χ2n) is 7.24. The van der Waals surface area contributed by atoms with Crippen molar-refractivity contribution in [2.45, 2.75) is 51.9 Å². The van der Waals surface area contributed by atoms with E-state index in [2.05, 4.69) is 33.9 Å². The van der Waals surface area contributed by atoms with Gasteiger partial charge in [0.2, 0.25) is 0 Å². The molecule has 0 saturated carbocycles. The number of ether oxygens (including phenoxy) is 2. The van der Waals surface area contributed by atoms with Crippen molar-refractivity contribution in [1.82, 2.24) is 0 Å². The van der Waals surface area contributed by atoms with E-state index in [0.717, 1.165) is 11.3 Å². The molecule has 0 amide bonds. The van der Waals surface area contributed by atoms with Gasteiger partial charge in [0, 0.05) is 6.42 Å². The molecule has 0 radical (unpaired) electrons. The smallest absolute Gasteiger partial charge is 0.192 e. The molecule has 0 heterocycles. The lowest BCUT2D eigenvalue weighted by Crippen LogP contribution is -2.42. The Kier molecular flexibility index (Phi) is 7.44. The van der Waals surface area contributed by atoms with Crippen LogP contribution < -0.4 is 4.74 Å². The van der Waals surface area contributed by atoms with E-state index in [9.17, 15) is 4.79 Å². The normalized spacial score (nSPS) is 12.3. The van der Waals surface area contributed by atoms with Gasteiger partial charge in [-0.05, 0) is 35.8 Å². The van der Waals surface area contributed by atoms with Gasteiger partial charge in [0.15, 0.2) is 14.1 Å². The molecule has 23 heavy (non-hydrogen) atoms. The molecule has 0 unspecified atom stereocenters. The SMILES string of the molecule is COc1ccc(COCCC(=O)CO[Si](C)(C)C(C)(C)C)cc1. The molecular weight excluding hydrogens is 308 g/mol. The zero-order chi connectivity index (χ0) is 17.5. The maximum atomic E-state index is 11.9. The summed E-state index contributed by atoms with van der Waals surface area (Å²) < 4.78 is 16.6. The molecule has 0 aliphatic carbocycles. The van der Waals surface area contributed by atoms with E-state index < -0.39 is 8.32 Å². The molecule has 130 valence electrons. The first kappa shape index (κ1) is 19.9. The second kappa shape index (κ2) is 8.62. The van der Waals surface area contributed by atoms with E-state index >= 15 is 0 Å². The Morgan fingerprint density at radius 1 is 1.13 bits per heavy atom. The van der Waals surface area contributed by atoms with E-state index in [0.29, 0.717) is 19.6 Å². The lowest BCUT2D eigenvalue weighted by atomic mass is 10.2. The number of methoxy groups -OCH3 is 1. The van der Waals surface area contributed by atoms with Crippen molar-refractivity contribution in [1.29, 1.82) is 0 Å². The predicted octanol–water partition coefficient (Wildman–Crippen LogP) is 4.19. The number of carbonyl (C=O) groups is 1. The molecule has 0 N–H and O–H groups in total. The molecule has 5 heteroatoms. The summed E-state index contributed by atoms with van der Waals surface area (Å²) in [5.74, 6) is 0.927. The molecule has 0 aliphatic rings. The van der Waals surface area contributed by atoms with Crippen LogP contribution in [0.15, 0.2) is 24.3 Å². The Hall–Kier alpha value is -1.17. The summed E-state index contributed by atoms with van der Waals surface area (Å²) in [5.41, 5.74) is 1.07. The minimum Gasteiger partial charge on any atom is -0.497 e. The van der Waals surface area contributed by atoms with E-state index in [1.54, 1.807) is 7.11 Å². The molecule has 0 spiro atoms. The second-order valence-corrected chi connectivity index (χ2v) is 12.0. The van der Waals surface area contributed by atoms with Crippen molar-refractivity contribution in [2.75, 3.05) is 20.3 Å². The highest BCUT2D eigenvalue weighted by Gasteiger charge is 2.37. The maximum absolute atomic E-state index is 11.9. The number of carbonyl (C=O) groups excluding carboxylic acids is 1. The first-order valence-electron chi connectivity index (χ1n) is 8.02. The highest BCUT2D eigenvalue weighted by Crippen LogP contribution is 2.36. The van der Waals surface area contributed by atoms with Gasteiger partial charge in [-0.3, -0.25) is 4.79 Å². The molecule has 1 aromatic rings. The number of rotatable bonds is 9. The van der Waals surface area contributed by atoms with Crippen LogP contribution in [0.25, 0.3) is 0 Å². The summed E-state index contributed by atoms with van der Waals surface area (Å²) in [4.78, 5) is 11.9. The lowest BCUT2D eigenvalue weighted by Gasteiger charge is -2.35. The number of hydrogen-bond acceptors (Lipinski definition) is 4. The van der Waals surface area contributed by atoms with Gasteiger partial charge in [0.1, 0.15) is 5.75 Å². The molecule has 0 saturated heterocycles. The Balaban J connectivity index is 2.24. The van der Waals surface area contributed by atoms with Crippen molar-refractivity contribution in [2.24, 2.45) is 0 Å². The van der Waals surface area contributed by atoms with Gasteiger partial charge in [0.05, 0.1) is 26.9 Å². The minimum absolute atomic E-state index is 0.101. The van der Waals surface area contributed by atoms with Crippen LogP contribution in [0.2, 0.25) is 18.1 Å². The average Bonchev–Trinajstić information content (AvgIpc) is 2.49. The molecule has 4 nitrogen and oxygen atoms in total. The summed E-state index contributed by atoms with van der Waals surface area (Å²) in [6.45, 7) is 11.9. The molecule has 0 aromatic heterocycles. The highest BCUT2D eigenvalue weighted by atomic mass is 28.4. The standard InChI is InChI=1S/C18H30O4Si/c1-18(2,3)23(5,6)22-14-16(19)11-12-21-13-15-7-9-17(20-4)10-8-15/h7-10H,11-14H2,1-6H3. The molecular formula is C18H30O4Si. The van der Waals surface area contributed by atoms with E-state index in [1.165, 1.54) is 0 Å². The Morgan fingerprint density at radius 2 is 1.74 bits per heavy atom. The van der Waals surface area contributed by atoms with Gasteiger partial charge in [-0.2, -0.15) is 0 Å². The summed E-state index contributed by atoms with van der Waals surface area (Å²) >= 11 is 0. The molecule has 1 rings (SSSR count). The lowest BCUT2D eigenvalue weighted by molar-refractivity contribution is -0.122. The zero-order valence-corrected chi connectivity index (χ0v) is 16.3.